The molecule has 2 saturated heterocycles. The smallest absolute Gasteiger partial charge is 0.166 e. The van der Waals surface area contributed by atoms with Crippen molar-refractivity contribution in [1.82, 2.24) is 5.32 Å². The number of fused-ring (bicyclic) bond motifs is 2. The minimum absolute atomic E-state index is 0.133. The van der Waals surface area contributed by atoms with E-state index in [2.05, 4.69) is 35.6 Å². The van der Waals surface area contributed by atoms with Crippen molar-refractivity contribution < 1.29 is 9.53 Å². The van der Waals surface area contributed by atoms with Crippen LogP contribution in [0.5, 0.6) is 0 Å². The van der Waals surface area contributed by atoms with Gasteiger partial charge in [0.05, 0.1) is 13.2 Å². The first-order chi connectivity index (χ1) is 11.3. The van der Waals surface area contributed by atoms with Crippen LogP contribution in [0.25, 0.3) is 10.8 Å². The highest BCUT2D eigenvalue weighted by molar-refractivity contribution is 6.11. The molecule has 118 valence electrons. The van der Waals surface area contributed by atoms with E-state index in [1.54, 1.807) is 0 Å². The van der Waals surface area contributed by atoms with Gasteiger partial charge in [-0.2, -0.15) is 0 Å². The van der Waals surface area contributed by atoms with E-state index in [1.807, 2.05) is 0 Å². The van der Waals surface area contributed by atoms with Gasteiger partial charge >= 0.3 is 0 Å². The van der Waals surface area contributed by atoms with Crippen LogP contribution in [0.4, 0.5) is 0 Å². The first-order valence-corrected chi connectivity index (χ1v) is 8.71. The minimum Gasteiger partial charge on any atom is -0.378 e. The number of carbonyl (C=O) groups is 1. The molecule has 3 nitrogen and oxygen atoms in total. The number of piperidine rings is 1. The number of ketones is 1. The van der Waals surface area contributed by atoms with Crippen LogP contribution in [0.3, 0.4) is 0 Å². The van der Waals surface area contributed by atoms with E-state index in [0.29, 0.717) is 17.9 Å². The van der Waals surface area contributed by atoms with Crippen LogP contribution in [-0.2, 0) is 17.6 Å². The molecule has 0 saturated carbocycles. The van der Waals surface area contributed by atoms with Gasteiger partial charge in [0.2, 0.25) is 0 Å². The second-order valence-electron chi connectivity index (χ2n) is 7.24. The van der Waals surface area contributed by atoms with Gasteiger partial charge in [-0.15, -0.1) is 0 Å². The number of benzene rings is 2. The highest BCUT2D eigenvalue weighted by Gasteiger charge is 2.36. The van der Waals surface area contributed by atoms with Crippen LogP contribution >= 0.6 is 0 Å². The summed E-state index contributed by atoms with van der Waals surface area (Å²) in [6, 6.07) is 11.4. The van der Waals surface area contributed by atoms with Gasteiger partial charge in [0.1, 0.15) is 0 Å². The third-order valence-electron chi connectivity index (χ3n) is 5.76. The number of aryl methyl sites for hydroxylation is 2. The summed E-state index contributed by atoms with van der Waals surface area (Å²) in [5, 5.41) is 6.09. The molecule has 5 rings (SSSR count). The summed E-state index contributed by atoms with van der Waals surface area (Å²) < 4.78 is 5.61. The third-order valence-corrected chi connectivity index (χ3v) is 5.76. The molecule has 1 aliphatic carbocycles. The van der Waals surface area contributed by atoms with Gasteiger partial charge in [0.25, 0.3) is 0 Å². The van der Waals surface area contributed by atoms with Crippen molar-refractivity contribution in [3.63, 3.8) is 0 Å². The van der Waals surface area contributed by atoms with E-state index in [0.717, 1.165) is 44.5 Å². The number of Topliss-reactive ketones (excluding diaryl/α,β-unsaturated/α-hetero) is 1. The highest BCUT2D eigenvalue weighted by atomic mass is 16.5. The normalized spacial score (nSPS) is 29.0. The molecule has 0 spiro atoms. The van der Waals surface area contributed by atoms with Gasteiger partial charge in [0.15, 0.2) is 5.78 Å². The van der Waals surface area contributed by atoms with E-state index in [4.69, 9.17) is 4.74 Å². The Morgan fingerprint density at radius 3 is 2.52 bits per heavy atom. The van der Waals surface area contributed by atoms with Gasteiger partial charge in [-0.1, -0.05) is 30.3 Å². The maximum atomic E-state index is 13.2. The standard InChI is InChI=1S/C20H21NO2/c22-20(14-8-15-10-23-11-16(9-14)21-15)18-7-6-13-5-4-12-2-1-3-17(18)19(12)13/h1-3,6-7,14-16,21H,4-5,8-11H2. The number of morpholine rings is 1. The largest absolute Gasteiger partial charge is 0.378 e. The zero-order valence-corrected chi connectivity index (χ0v) is 13.2. The maximum Gasteiger partial charge on any atom is 0.166 e. The zero-order valence-electron chi connectivity index (χ0n) is 13.2. The topological polar surface area (TPSA) is 38.3 Å². The van der Waals surface area contributed by atoms with Gasteiger partial charge in [-0.3, -0.25) is 4.79 Å². The summed E-state index contributed by atoms with van der Waals surface area (Å²) in [5.74, 6) is 0.465. The Balaban J connectivity index is 1.55. The van der Waals surface area contributed by atoms with Gasteiger partial charge in [-0.25, -0.2) is 0 Å². The van der Waals surface area contributed by atoms with Crippen LogP contribution < -0.4 is 5.32 Å². The predicted molar refractivity (Wildman–Crippen MR) is 89.9 cm³/mol. The van der Waals surface area contributed by atoms with E-state index in [1.165, 1.54) is 21.9 Å². The zero-order chi connectivity index (χ0) is 15.4. The Bertz CT molecular complexity index is 775. The summed E-state index contributed by atoms with van der Waals surface area (Å²) >= 11 is 0. The first-order valence-electron chi connectivity index (χ1n) is 8.71. The number of ether oxygens (including phenoxy) is 1. The van der Waals surface area contributed by atoms with Crippen LogP contribution in [0.15, 0.2) is 30.3 Å². The van der Waals surface area contributed by atoms with Crippen molar-refractivity contribution >= 4 is 16.6 Å². The molecule has 0 amide bonds. The molecule has 2 aromatic carbocycles. The van der Waals surface area contributed by atoms with Crippen molar-refractivity contribution in [3.05, 3.63) is 47.0 Å². The average molecular weight is 307 g/mol. The maximum absolute atomic E-state index is 13.2. The lowest BCUT2D eigenvalue weighted by atomic mass is 9.81. The molecule has 2 aliphatic heterocycles. The number of hydrogen-bond donors (Lipinski definition) is 1. The van der Waals surface area contributed by atoms with Gasteiger partial charge < -0.3 is 10.1 Å². The van der Waals surface area contributed by atoms with Crippen molar-refractivity contribution in [2.24, 2.45) is 5.92 Å². The molecule has 0 radical (unpaired) electrons. The lowest BCUT2D eigenvalue weighted by molar-refractivity contribution is 0.00956. The second kappa shape index (κ2) is 5.15. The molecule has 23 heavy (non-hydrogen) atoms. The van der Waals surface area contributed by atoms with Gasteiger partial charge in [0, 0.05) is 23.6 Å². The first kappa shape index (κ1) is 13.7. The monoisotopic (exact) mass is 307 g/mol. The number of rotatable bonds is 2. The van der Waals surface area contributed by atoms with Crippen LogP contribution in [0.1, 0.15) is 34.3 Å². The van der Waals surface area contributed by atoms with E-state index >= 15 is 0 Å². The molecule has 0 aromatic heterocycles. The Morgan fingerprint density at radius 2 is 1.74 bits per heavy atom. The summed E-state index contributed by atoms with van der Waals surface area (Å²) in [5.41, 5.74) is 3.74. The molecule has 2 aromatic rings. The molecule has 3 aliphatic rings. The van der Waals surface area contributed by atoms with Crippen LogP contribution in [0.2, 0.25) is 0 Å². The number of nitrogens with one attached hydrogen (secondary N) is 1. The average Bonchev–Trinajstić information content (AvgIpc) is 2.99. The van der Waals surface area contributed by atoms with Crippen molar-refractivity contribution in [1.29, 1.82) is 0 Å². The van der Waals surface area contributed by atoms with Crippen molar-refractivity contribution in [2.45, 2.75) is 37.8 Å². The number of hydrogen-bond acceptors (Lipinski definition) is 3. The van der Waals surface area contributed by atoms with E-state index < -0.39 is 0 Å². The summed E-state index contributed by atoms with van der Waals surface area (Å²) in [7, 11) is 0. The molecular weight excluding hydrogens is 286 g/mol. The molecular formula is C20H21NO2. The number of carbonyl (C=O) groups excluding carboxylic acids is 1. The third kappa shape index (κ3) is 2.14. The highest BCUT2D eigenvalue weighted by Crippen LogP contribution is 2.35. The summed E-state index contributed by atoms with van der Waals surface area (Å²) in [6.45, 7) is 1.48. The quantitative estimate of drug-likeness (QED) is 0.867. The molecule has 2 bridgehead atoms. The lowest BCUT2D eigenvalue weighted by Gasteiger charge is -2.39. The predicted octanol–water partition coefficient (Wildman–Crippen LogP) is 2.89. The minimum atomic E-state index is 0.133. The fourth-order valence-corrected chi connectivity index (χ4v) is 4.73. The fraction of sp³-hybridized carbons (Fsp3) is 0.450. The Hall–Kier alpha value is -1.71. The Labute approximate surface area is 136 Å². The molecule has 2 fully saturated rings. The Morgan fingerprint density at radius 1 is 1.00 bits per heavy atom. The van der Waals surface area contributed by atoms with Crippen molar-refractivity contribution in [3.8, 4) is 0 Å². The van der Waals surface area contributed by atoms with E-state index in [9.17, 15) is 4.79 Å². The molecule has 3 heteroatoms. The molecule has 2 unspecified atom stereocenters. The van der Waals surface area contributed by atoms with Crippen LogP contribution in [0, 0.1) is 5.92 Å². The summed E-state index contributed by atoms with van der Waals surface area (Å²) in [4.78, 5) is 13.2. The van der Waals surface area contributed by atoms with E-state index in [-0.39, 0.29) is 5.92 Å². The summed E-state index contributed by atoms with van der Waals surface area (Å²) in [6.07, 6.45) is 4.02. The van der Waals surface area contributed by atoms with Gasteiger partial charge in [-0.05, 0) is 47.6 Å². The second-order valence-corrected chi connectivity index (χ2v) is 7.24. The Kier molecular flexibility index (Phi) is 3.07. The molecule has 2 atom stereocenters. The fourth-order valence-electron chi connectivity index (χ4n) is 4.73. The van der Waals surface area contributed by atoms with Crippen molar-refractivity contribution in [2.75, 3.05) is 13.2 Å². The SMILES string of the molecule is O=C(c1ccc2c3c(cccc13)CC2)C1CC2COCC(C1)N2. The molecule has 2 heterocycles. The molecule has 1 N–H and O–H groups in total. The lowest BCUT2D eigenvalue weighted by Crippen LogP contribution is -2.55. The van der Waals surface area contributed by atoms with Crippen LogP contribution in [-0.4, -0.2) is 31.1 Å².